The summed E-state index contributed by atoms with van der Waals surface area (Å²) >= 11 is 0. The molecule has 2 fully saturated rings. The Morgan fingerprint density at radius 3 is 2.43 bits per heavy atom. The van der Waals surface area contributed by atoms with Crippen LogP contribution in [0.1, 0.15) is 52.9 Å². The minimum absolute atomic E-state index is 0.569. The van der Waals surface area contributed by atoms with Crippen LogP contribution < -0.4 is 5.32 Å². The molecule has 1 atom stereocenters. The molecule has 2 rings (SSSR count). The van der Waals surface area contributed by atoms with E-state index < -0.39 is 0 Å². The molecule has 116 valence electrons. The van der Waals surface area contributed by atoms with E-state index in [-0.39, 0.29) is 0 Å². The molecule has 0 bridgehead atoms. The first-order valence-electron chi connectivity index (χ1n) is 8.16. The van der Waals surface area contributed by atoms with Crippen molar-refractivity contribution in [2.24, 2.45) is 4.99 Å². The van der Waals surface area contributed by atoms with Crippen LogP contribution in [0.2, 0.25) is 0 Å². The summed E-state index contributed by atoms with van der Waals surface area (Å²) in [5.41, 5.74) is 3.92. The number of hydrogen-bond acceptors (Lipinski definition) is 3. The summed E-state index contributed by atoms with van der Waals surface area (Å²) in [5, 5.41) is 3.47. The van der Waals surface area contributed by atoms with Crippen LogP contribution >= 0.6 is 0 Å². The fraction of sp³-hybridized carbons (Fsp3) is 0.611. The van der Waals surface area contributed by atoms with Gasteiger partial charge in [-0.15, -0.1) is 0 Å². The van der Waals surface area contributed by atoms with Gasteiger partial charge in [0, 0.05) is 24.3 Å². The van der Waals surface area contributed by atoms with Gasteiger partial charge in [-0.3, -0.25) is 0 Å². The van der Waals surface area contributed by atoms with Gasteiger partial charge in [0.25, 0.3) is 0 Å². The molecule has 2 aliphatic rings. The highest BCUT2D eigenvalue weighted by Gasteiger charge is 2.23. The van der Waals surface area contributed by atoms with Crippen LogP contribution in [0, 0.1) is 0 Å². The van der Waals surface area contributed by atoms with Crippen LogP contribution in [-0.4, -0.2) is 29.2 Å². The van der Waals surface area contributed by atoms with Crippen molar-refractivity contribution in [2.75, 3.05) is 6.54 Å². The molecule has 0 amide bonds. The highest BCUT2D eigenvalue weighted by molar-refractivity contribution is 5.98. The Bertz CT molecular complexity index is 469. The van der Waals surface area contributed by atoms with E-state index in [1.807, 2.05) is 19.9 Å². The Hall–Kier alpha value is -1.51. The van der Waals surface area contributed by atoms with Crippen LogP contribution in [0.15, 0.2) is 41.3 Å². The maximum atomic E-state index is 4.76. The lowest BCUT2D eigenvalue weighted by atomic mass is 9.93. The summed E-state index contributed by atoms with van der Waals surface area (Å²) in [6.45, 7) is 15.8. The predicted molar refractivity (Wildman–Crippen MR) is 91.3 cm³/mol. The fourth-order valence-electron chi connectivity index (χ4n) is 2.93. The minimum atomic E-state index is 0.569. The lowest BCUT2D eigenvalue weighted by molar-refractivity contribution is 0.347. The van der Waals surface area contributed by atoms with Gasteiger partial charge < -0.3 is 10.2 Å². The first-order valence-corrected chi connectivity index (χ1v) is 8.16. The number of nitrogens with zero attached hydrogens (tertiary/aromatic N) is 2. The van der Waals surface area contributed by atoms with Crippen LogP contribution in [0.25, 0.3) is 0 Å². The summed E-state index contributed by atoms with van der Waals surface area (Å²) in [6.07, 6.45) is 8.37. The minimum Gasteiger partial charge on any atom is -0.381 e. The average molecular weight is 287 g/mol. The van der Waals surface area contributed by atoms with Crippen LogP contribution in [-0.2, 0) is 0 Å². The van der Waals surface area contributed by atoms with Crippen LogP contribution in [0.5, 0.6) is 0 Å². The summed E-state index contributed by atoms with van der Waals surface area (Å²) in [5.74, 6) is 0. The van der Waals surface area contributed by atoms with Gasteiger partial charge >= 0.3 is 0 Å². The first kappa shape index (κ1) is 15.9. The lowest BCUT2D eigenvalue weighted by Gasteiger charge is -2.29. The molecule has 1 saturated carbocycles. The number of nitrogens with one attached hydrogen (secondary N) is 1. The van der Waals surface area contributed by atoms with Crippen LogP contribution in [0.3, 0.4) is 0 Å². The van der Waals surface area contributed by atoms with E-state index in [1.54, 1.807) is 0 Å². The van der Waals surface area contributed by atoms with Gasteiger partial charge in [-0.1, -0.05) is 19.2 Å². The van der Waals surface area contributed by atoms with Crippen molar-refractivity contribution >= 4 is 5.71 Å². The van der Waals surface area contributed by atoms with E-state index in [0.717, 1.165) is 29.3 Å². The number of allylic oxidation sites excluding steroid dienone is 2. The monoisotopic (exact) mass is 287 g/mol. The lowest BCUT2D eigenvalue weighted by Crippen LogP contribution is -2.36. The average Bonchev–Trinajstić information content (AvgIpc) is 2.85. The topological polar surface area (TPSA) is 27.6 Å². The van der Waals surface area contributed by atoms with Gasteiger partial charge in [0.2, 0.25) is 0 Å². The second-order valence-corrected chi connectivity index (χ2v) is 6.25. The molecular weight excluding hydrogens is 258 g/mol. The molecule has 0 radical (unpaired) electrons. The maximum absolute atomic E-state index is 4.76. The molecule has 21 heavy (non-hydrogen) atoms. The van der Waals surface area contributed by atoms with E-state index >= 15 is 0 Å². The maximum Gasteiger partial charge on any atom is 0.0818 e. The largest absolute Gasteiger partial charge is 0.381 e. The number of likely N-dealkylation sites (tertiary alicyclic amines) is 1. The predicted octanol–water partition coefficient (Wildman–Crippen LogP) is 4.00. The first-order chi connectivity index (χ1) is 10.0. The molecule has 1 aliphatic heterocycles. The second-order valence-electron chi connectivity index (χ2n) is 6.25. The smallest absolute Gasteiger partial charge is 0.0818 e. The summed E-state index contributed by atoms with van der Waals surface area (Å²) < 4.78 is 0. The highest BCUT2D eigenvalue weighted by Crippen LogP contribution is 2.26. The molecule has 3 heteroatoms. The van der Waals surface area contributed by atoms with Gasteiger partial charge in [0.15, 0.2) is 0 Å². The van der Waals surface area contributed by atoms with Crippen molar-refractivity contribution < 1.29 is 0 Å². The second kappa shape index (κ2) is 6.97. The Balaban J connectivity index is 2.01. The third-order valence-corrected chi connectivity index (χ3v) is 4.68. The molecule has 0 aromatic heterocycles. The van der Waals surface area contributed by atoms with Crippen molar-refractivity contribution in [2.45, 2.75) is 65.0 Å². The van der Waals surface area contributed by atoms with E-state index in [2.05, 4.69) is 30.3 Å². The molecule has 1 aliphatic carbocycles. The van der Waals surface area contributed by atoms with Gasteiger partial charge in [0.1, 0.15) is 0 Å². The van der Waals surface area contributed by atoms with Crippen molar-refractivity contribution in [3.63, 3.8) is 0 Å². The molecule has 1 heterocycles. The molecule has 0 spiro atoms. The van der Waals surface area contributed by atoms with Crippen molar-refractivity contribution in [3.8, 4) is 0 Å². The molecular formula is C18H29N3. The normalized spacial score (nSPS) is 24.0. The fourth-order valence-corrected chi connectivity index (χ4v) is 2.93. The third-order valence-electron chi connectivity index (χ3n) is 4.68. The zero-order valence-electron chi connectivity index (χ0n) is 13.8. The molecule has 0 aromatic carbocycles. The summed E-state index contributed by atoms with van der Waals surface area (Å²) in [6, 6.07) is 1.16. The van der Waals surface area contributed by atoms with Crippen molar-refractivity contribution in [1.82, 2.24) is 10.2 Å². The Morgan fingerprint density at radius 2 is 1.95 bits per heavy atom. The molecule has 1 saturated heterocycles. The molecule has 0 aromatic rings. The van der Waals surface area contributed by atoms with Crippen molar-refractivity contribution in [3.05, 3.63) is 36.3 Å². The van der Waals surface area contributed by atoms with E-state index in [0.29, 0.717) is 12.1 Å². The zero-order chi connectivity index (χ0) is 15.4. The van der Waals surface area contributed by atoms with Crippen LogP contribution in [0.4, 0.5) is 0 Å². The molecule has 1 unspecified atom stereocenters. The quantitative estimate of drug-likeness (QED) is 0.590. The number of hydrogen-bond donors (Lipinski definition) is 1. The van der Waals surface area contributed by atoms with Gasteiger partial charge in [0.05, 0.1) is 17.1 Å². The Morgan fingerprint density at radius 1 is 1.24 bits per heavy atom. The van der Waals surface area contributed by atoms with Crippen molar-refractivity contribution in [1.29, 1.82) is 0 Å². The van der Waals surface area contributed by atoms with E-state index in [1.165, 1.54) is 32.1 Å². The Labute approximate surface area is 129 Å². The van der Waals surface area contributed by atoms with E-state index in [4.69, 9.17) is 4.99 Å². The third kappa shape index (κ3) is 3.78. The summed E-state index contributed by atoms with van der Waals surface area (Å²) in [7, 11) is 0. The SMILES string of the molecule is C=C(NC1CCC1)/C(C)=N/C(=C\C)C(=C)N1CCCC1C. The number of aliphatic imine (C=N–C) groups is 1. The summed E-state index contributed by atoms with van der Waals surface area (Å²) in [4.78, 5) is 7.13. The van der Waals surface area contributed by atoms with Gasteiger partial charge in [-0.05, 0) is 52.9 Å². The molecule has 3 nitrogen and oxygen atoms in total. The van der Waals surface area contributed by atoms with E-state index in [9.17, 15) is 0 Å². The van der Waals surface area contributed by atoms with Gasteiger partial charge in [-0.25, -0.2) is 4.99 Å². The molecule has 1 N–H and O–H groups in total. The highest BCUT2D eigenvalue weighted by atomic mass is 15.2. The number of rotatable bonds is 6. The Kier molecular flexibility index (Phi) is 5.27. The zero-order valence-corrected chi connectivity index (χ0v) is 13.8. The van der Waals surface area contributed by atoms with Gasteiger partial charge in [-0.2, -0.15) is 0 Å². The standard InChI is InChI=1S/C18H29N3/c1-6-18(16(5)21-12-8-9-13(21)2)20-15(4)14(3)19-17-10-7-11-17/h6,13,17,19H,3,5,7-12H2,1-2,4H3/b18-6-,20-15+.